The van der Waals surface area contributed by atoms with Gasteiger partial charge >= 0.3 is 0 Å². The molecule has 4 N–H and O–H groups in total. The van der Waals surface area contributed by atoms with Gasteiger partial charge in [-0.1, -0.05) is 103 Å². The summed E-state index contributed by atoms with van der Waals surface area (Å²) in [5, 5.41) is 3.51. The molecule has 5 aromatic rings. The van der Waals surface area contributed by atoms with E-state index in [-0.39, 0.29) is 6.15 Å². The Morgan fingerprint density at radius 1 is 0.455 bits per heavy atom. The molecule has 0 saturated heterocycles. The monoisotopic (exact) mass is 428 g/mol. The normalized spacial score (nSPS) is 10.3. The zero-order chi connectivity index (χ0) is 21.8. The van der Waals surface area contributed by atoms with Crippen molar-refractivity contribution in [3.05, 3.63) is 133 Å². The van der Waals surface area contributed by atoms with Crippen molar-refractivity contribution in [3.8, 4) is 33.4 Å². The quantitative estimate of drug-likeness (QED) is 0.293. The Balaban J connectivity index is 0.00000259. The highest BCUT2D eigenvalue weighted by atomic mass is 14.9. The van der Waals surface area contributed by atoms with Crippen LogP contribution in [-0.4, -0.2) is 0 Å². The molecule has 5 rings (SSSR count). The van der Waals surface area contributed by atoms with Crippen molar-refractivity contribution in [3.63, 3.8) is 0 Å². The first-order valence-corrected chi connectivity index (χ1v) is 11.0. The van der Waals surface area contributed by atoms with Crippen molar-refractivity contribution in [2.75, 3.05) is 5.32 Å². The van der Waals surface area contributed by atoms with Gasteiger partial charge in [-0.05, 0) is 70.1 Å². The van der Waals surface area contributed by atoms with Crippen LogP contribution in [0.3, 0.4) is 0 Å². The number of anilines is 2. The molecule has 0 spiro atoms. The molecule has 0 aliphatic rings. The molecule has 0 saturated carbocycles. The molecule has 33 heavy (non-hydrogen) atoms. The molecule has 162 valence electrons. The van der Waals surface area contributed by atoms with Crippen LogP contribution in [-0.2, 0) is 0 Å². The molecule has 0 amide bonds. The predicted octanol–water partition coefficient (Wildman–Crippen LogP) is 8.90. The maximum atomic E-state index is 3.51. The van der Waals surface area contributed by atoms with E-state index in [1.165, 1.54) is 38.9 Å². The number of rotatable bonds is 5. The molecule has 0 radical (unpaired) electrons. The van der Waals surface area contributed by atoms with E-state index < -0.39 is 0 Å². The molecule has 0 bridgehead atoms. The molecule has 0 aromatic heterocycles. The second-order valence-electron chi connectivity index (χ2n) is 8.03. The van der Waals surface area contributed by atoms with Crippen LogP contribution in [0.4, 0.5) is 11.4 Å². The van der Waals surface area contributed by atoms with Crippen LogP contribution in [0.1, 0.15) is 5.56 Å². The first-order chi connectivity index (χ1) is 15.8. The first-order valence-electron chi connectivity index (χ1n) is 11.0. The number of aryl methyl sites for hydroxylation is 1. The lowest BCUT2D eigenvalue weighted by Crippen LogP contribution is -1.92. The highest BCUT2D eigenvalue weighted by Crippen LogP contribution is 2.40. The number of hydrogen-bond acceptors (Lipinski definition) is 2. The number of benzene rings is 5. The second kappa shape index (κ2) is 9.99. The molecule has 0 heterocycles. The molecule has 0 atom stereocenters. The fourth-order valence-electron chi connectivity index (χ4n) is 4.19. The Hall–Kier alpha value is -4.14. The van der Waals surface area contributed by atoms with Gasteiger partial charge in [0.15, 0.2) is 0 Å². The van der Waals surface area contributed by atoms with E-state index >= 15 is 0 Å². The van der Waals surface area contributed by atoms with Gasteiger partial charge in [0, 0.05) is 11.4 Å². The predicted molar refractivity (Wildman–Crippen MR) is 142 cm³/mol. The van der Waals surface area contributed by atoms with Gasteiger partial charge in [0.2, 0.25) is 0 Å². The molecule has 2 nitrogen and oxygen atoms in total. The van der Waals surface area contributed by atoms with Gasteiger partial charge in [-0.3, -0.25) is 0 Å². The van der Waals surface area contributed by atoms with Crippen molar-refractivity contribution in [2.45, 2.75) is 6.92 Å². The van der Waals surface area contributed by atoms with Gasteiger partial charge < -0.3 is 11.5 Å². The molecule has 5 aromatic carbocycles. The van der Waals surface area contributed by atoms with Gasteiger partial charge in [-0.15, -0.1) is 0 Å². The van der Waals surface area contributed by atoms with Gasteiger partial charge in [-0.2, -0.15) is 0 Å². The van der Waals surface area contributed by atoms with Crippen LogP contribution in [0, 0.1) is 6.92 Å². The number of hydrogen-bond donors (Lipinski definition) is 2. The molecule has 0 fully saturated rings. The van der Waals surface area contributed by atoms with E-state index in [4.69, 9.17) is 0 Å². The fourth-order valence-corrected chi connectivity index (χ4v) is 4.19. The van der Waals surface area contributed by atoms with E-state index in [9.17, 15) is 0 Å². The average molecular weight is 429 g/mol. The Morgan fingerprint density at radius 2 is 1.00 bits per heavy atom. The lowest BCUT2D eigenvalue weighted by Gasteiger charge is -2.17. The minimum Gasteiger partial charge on any atom is -0.356 e. The van der Waals surface area contributed by atoms with Crippen LogP contribution in [0.15, 0.2) is 127 Å². The minimum absolute atomic E-state index is 0. The van der Waals surface area contributed by atoms with E-state index in [2.05, 4.69) is 140 Å². The Morgan fingerprint density at radius 3 is 1.61 bits per heavy atom. The van der Waals surface area contributed by atoms with Gasteiger partial charge in [0.25, 0.3) is 0 Å². The molecular formula is C31H28N2. The summed E-state index contributed by atoms with van der Waals surface area (Å²) in [5.74, 6) is 0. The lowest BCUT2D eigenvalue weighted by atomic mass is 9.87. The van der Waals surface area contributed by atoms with Crippen LogP contribution in [0.25, 0.3) is 33.4 Å². The smallest absolute Gasteiger partial charge is 0.0386 e. The van der Waals surface area contributed by atoms with Crippen molar-refractivity contribution < 1.29 is 0 Å². The maximum absolute atomic E-state index is 3.51. The van der Waals surface area contributed by atoms with E-state index in [0.717, 1.165) is 11.4 Å². The van der Waals surface area contributed by atoms with Crippen molar-refractivity contribution >= 4 is 11.4 Å². The van der Waals surface area contributed by atoms with Crippen LogP contribution >= 0.6 is 0 Å². The maximum Gasteiger partial charge on any atom is 0.0386 e. The second-order valence-corrected chi connectivity index (χ2v) is 8.03. The van der Waals surface area contributed by atoms with Crippen molar-refractivity contribution in [2.24, 2.45) is 0 Å². The molecule has 0 aliphatic heterocycles. The largest absolute Gasteiger partial charge is 0.356 e. The lowest BCUT2D eigenvalue weighted by molar-refractivity contribution is 1.45. The Bertz CT molecular complexity index is 1320. The summed E-state index contributed by atoms with van der Waals surface area (Å²) in [6.07, 6.45) is 0. The third-order valence-electron chi connectivity index (χ3n) is 5.71. The summed E-state index contributed by atoms with van der Waals surface area (Å²) < 4.78 is 0. The summed E-state index contributed by atoms with van der Waals surface area (Å²) in [7, 11) is 0. The van der Waals surface area contributed by atoms with E-state index in [0.29, 0.717) is 0 Å². The Kier molecular flexibility index (Phi) is 6.68. The van der Waals surface area contributed by atoms with Crippen molar-refractivity contribution in [1.82, 2.24) is 6.15 Å². The van der Waals surface area contributed by atoms with Gasteiger partial charge in [0.1, 0.15) is 0 Å². The highest BCUT2D eigenvalue weighted by molar-refractivity contribution is 5.94. The van der Waals surface area contributed by atoms with Gasteiger partial charge in [0.05, 0.1) is 0 Å². The molecule has 0 unspecified atom stereocenters. The highest BCUT2D eigenvalue weighted by Gasteiger charge is 2.13. The standard InChI is InChI=1S/C31H25N.H3N/c1-23-10-8-15-28(22-23)32-27-20-18-25(19-21-27)30-17-9-16-29(24-11-4-2-5-12-24)31(30)26-13-6-3-7-14-26;/h2-22,32H,1H3;1H3. The summed E-state index contributed by atoms with van der Waals surface area (Å²) >= 11 is 0. The SMILES string of the molecule is Cc1cccc(Nc2ccc(-c3cccc(-c4ccccc4)c3-c3ccccc3)cc2)c1.N. The molecular weight excluding hydrogens is 400 g/mol. The number of nitrogens with one attached hydrogen (secondary N) is 1. The van der Waals surface area contributed by atoms with Gasteiger partial charge in [-0.25, -0.2) is 0 Å². The third-order valence-corrected chi connectivity index (χ3v) is 5.71. The van der Waals surface area contributed by atoms with Crippen molar-refractivity contribution in [1.29, 1.82) is 0 Å². The summed E-state index contributed by atoms with van der Waals surface area (Å²) in [6.45, 7) is 2.11. The van der Waals surface area contributed by atoms with E-state index in [1.807, 2.05) is 0 Å². The summed E-state index contributed by atoms with van der Waals surface area (Å²) in [4.78, 5) is 0. The first kappa shape index (κ1) is 22.1. The Labute approximate surface area is 196 Å². The van der Waals surface area contributed by atoms with Crippen LogP contribution in [0.5, 0.6) is 0 Å². The molecule has 0 aliphatic carbocycles. The average Bonchev–Trinajstić information content (AvgIpc) is 2.85. The zero-order valence-electron chi connectivity index (χ0n) is 18.8. The fraction of sp³-hybridized carbons (Fsp3) is 0.0323. The minimum atomic E-state index is 0. The summed E-state index contributed by atoms with van der Waals surface area (Å²) in [5.41, 5.74) is 10.8. The van der Waals surface area contributed by atoms with Crippen LogP contribution < -0.4 is 11.5 Å². The van der Waals surface area contributed by atoms with Crippen LogP contribution in [0.2, 0.25) is 0 Å². The third kappa shape index (κ3) is 4.87. The zero-order valence-corrected chi connectivity index (χ0v) is 18.8. The summed E-state index contributed by atoms with van der Waals surface area (Å²) in [6, 6.07) is 45.0. The molecule has 2 heteroatoms. The van der Waals surface area contributed by atoms with E-state index in [1.54, 1.807) is 0 Å². The topological polar surface area (TPSA) is 47.0 Å².